The van der Waals surface area contributed by atoms with Crippen molar-refractivity contribution in [2.45, 2.75) is 43.9 Å². The van der Waals surface area contributed by atoms with Crippen molar-refractivity contribution in [1.82, 2.24) is 9.55 Å². The Morgan fingerprint density at radius 1 is 0.977 bits per heavy atom. The van der Waals surface area contributed by atoms with E-state index in [1.165, 1.54) is 6.08 Å². The fourth-order valence-corrected chi connectivity index (χ4v) is 5.54. The Balaban J connectivity index is 1.35. The lowest BCUT2D eigenvalue weighted by molar-refractivity contribution is -0.111. The molecule has 3 aromatic carbocycles. The topological polar surface area (TPSA) is 97.7 Å². The van der Waals surface area contributed by atoms with Crippen molar-refractivity contribution in [3.05, 3.63) is 96.6 Å². The highest BCUT2D eigenvalue weighted by Crippen LogP contribution is 2.29. The maximum atomic E-state index is 12.9. The quantitative estimate of drug-likeness (QED) is 0.0869. The number of anilines is 1. The second-order valence-electron chi connectivity index (χ2n) is 9.86. The molecule has 1 atom stereocenters. The van der Waals surface area contributed by atoms with Crippen molar-refractivity contribution >= 4 is 28.8 Å². The molecule has 0 unspecified atom stereocenters. The zero-order valence-electron chi connectivity index (χ0n) is 25.0. The Morgan fingerprint density at radius 2 is 1.74 bits per heavy atom. The summed E-state index contributed by atoms with van der Waals surface area (Å²) in [6.45, 7) is 6.83. The van der Waals surface area contributed by atoms with Crippen LogP contribution in [0.3, 0.4) is 0 Å². The molecule has 0 aliphatic carbocycles. The van der Waals surface area contributed by atoms with E-state index in [9.17, 15) is 9.35 Å². The normalized spacial score (nSPS) is 11.9. The first-order valence-corrected chi connectivity index (χ1v) is 15.8. The number of carbonyl (C=O) groups is 1. The predicted molar refractivity (Wildman–Crippen MR) is 172 cm³/mol. The van der Waals surface area contributed by atoms with E-state index in [2.05, 4.69) is 24.1 Å². The van der Waals surface area contributed by atoms with Crippen LogP contribution in [0, 0.1) is 0 Å². The van der Waals surface area contributed by atoms with Gasteiger partial charge in [-0.2, -0.15) is 0 Å². The highest BCUT2D eigenvalue weighted by molar-refractivity contribution is 7.90. The van der Waals surface area contributed by atoms with Gasteiger partial charge in [0.25, 0.3) is 0 Å². The van der Waals surface area contributed by atoms with Gasteiger partial charge in [0, 0.05) is 30.5 Å². The summed E-state index contributed by atoms with van der Waals surface area (Å²) in [6, 6.07) is 20.8. The predicted octanol–water partition coefficient (Wildman–Crippen LogP) is 6.73. The Labute approximate surface area is 256 Å². The van der Waals surface area contributed by atoms with Gasteiger partial charge in [-0.15, -0.1) is 0 Å². The maximum absolute atomic E-state index is 12.9. The molecule has 0 aliphatic heterocycles. The number of imidazole rings is 1. The number of carbonyl (C=O) groups excluding carboxylic acids is 1. The standard InChI is InChI=1S/C34H39N3O5S/c1-4-18-37-25-35-23-30(37)24-43(39)32-14-10-29(11-15-32)36-34(38)17-9-28-22-27(8-16-33(28)40-3)26-6-12-31(13-7-26)42-21-20-41-19-5-2/h6-17,22-23,25H,4-5,18-21,24H2,1-3H3,(H,36,38)/b17-9+/t43-/m1/s1. The third-order valence-electron chi connectivity index (χ3n) is 6.60. The van der Waals surface area contributed by atoms with Crippen LogP contribution in [0.4, 0.5) is 5.69 Å². The monoisotopic (exact) mass is 601 g/mol. The summed E-state index contributed by atoms with van der Waals surface area (Å²) in [5.41, 5.74) is 4.34. The summed E-state index contributed by atoms with van der Waals surface area (Å²) in [5, 5.41) is 2.87. The SMILES string of the molecule is CCCOCCOc1ccc(-c2ccc(OC)c(/C=C/C(=O)Nc3ccc([S@+]([O-])Cc4cncn4CCC)cc3)c2)cc1. The average Bonchev–Trinajstić information content (AvgIpc) is 3.46. The molecule has 4 rings (SSSR count). The molecular weight excluding hydrogens is 562 g/mol. The van der Waals surface area contributed by atoms with Crippen LogP contribution in [0.25, 0.3) is 17.2 Å². The first-order chi connectivity index (χ1) is 21.0. The van der Waals surface area contributed by atoms with E-state index in [0.717, 1.165) is 54.1 Å². The number of ether oxygens (including phenoxy) is 3. The van der Waals surface area contributed by atoms with Gasteiger partial charge in [-0.25, -0.2) is 4.98 Å². The minimum Gasteiger partial charge on any atom is -0.611 e. The van der Waals surface area contributed by atoms with Crippen LogP contribution in [0.1, 0.15) is 37.9 Å². The number of amides is 1. The average molecular weight is 602 g/mol. The number of nitrogens with zero attached hydrogens (tertiary/aromatic N) is 2. The van der Waals surface area contributed by atoms with Gasteiger partial charge in [-0.05, 0) is 89.8 Å². The van der Waals surface area contributed by atoms with Gasteiger partial charge in [0.15, 0.2) is 10.6 Å². The van der Waals surface area contributed by atoms with Gasteiger partial charge >= 0.3 is 0 Å². The minimum absolute atomic E-state index is 0.283. The first kappa shape index (κ1) is 31.9. The zero-order chi connectivity index (χ0) is 30.4. The Morgan fingerprint density at radius 3 is 2.47 bits per heavy atom. The van der Waals surface area contributed by atoms with Gasteiger partial charge in [0.2, 0.25) is 5.91 Å². The fourth-order valence-electron chi connectivity index (χ4n) is 4.42. The molecule has 0 saturated heterocycles. The third kappa shape index (κ3) is 9.47. The largest absolute Gasteiger partial charge is 0.611 e. The van der Waals surface area contributed by atoms with Crippen LogP contribution >= 0.6 is 0 Å². The highest BCUT2D eigenvalue weighted by atomic mass is 32.2. The van der Waals surface area contributed by atoms with E-state index in [0.29, 0.717) is 35.3 Å². The number of rotatable bonds is 16. The van der Waals surface area contributed by atoms with E-state index in [-0.39, 0.29) is 5.91 Å². The van der Waals surface area contributed by atoms with Crippen molar-refractivity contribution in [2.24, 2.45) is 0 Å². The molecule has 43 heavy (non-hydrogen) atoms. The van der Waals surface area contributed by atoms with Crippen LogP contribution in [-0.2, 0) is 33.0 Å². The molecule has 0 radical (unpaired) electrons. The molecule has 1 aromatic heterocycles. The molecule has 9 heteroatoms. The second kappa shape index (κ2) is 16.6. The molecule has 4 aromatic rings. The molecule has 8 nitrogen and oxygen atoms in total. The lowest BCUT2D eigenvalue weighted by atomic mass is 10.0. The van der Waals surface area contributed by atoms with Gasteiger partial charge < -0.3 is 28.6 Å². The van der Waals surface area contributed by atoms with Crippen LogP contribution in [0.15, 0.2) is 90.2 Å². The van der Waals surface area contributed by atoms with E-state index >= 15 is 0 Å². The first-order valence-electron chi connectivity index (χ1n) is 14.5. The Kier molecular flexibility index (Phi) is 12.3. The number of benzene rings is 3. The number of aryl methyl sites for hydroxylation is 1. The third-order valence-corrected chi connectivity index (χ3v) is 7.96. The lowest BCUT2D eigenvalue weighted by Crippen LogP contribution is -2.11. The molecule has 1 amide bonds. The molecule has 0 aliphatic rings. The summed E-state index contributed by atoms with van der Waals surface area (Å²) in [6.07, 6.45) is 8.71. The molecule has 0 spiro atoms. The Hall–Kier alpha value is -4.05. The van der Waals surface area contributed by atoms with E-state index in [4.69, 9.17) is 14.2 Å². The number of methoxy groups -OCH3 is 1. The number of hydrogen-bond acceptors (Lipinski definition) is 6. The van der Waals surface area contributed by atoms with Crippen molar-refractivity contribution in [3.63, 3.8) is 0 Å². The highest BCUT2D eigenvalue weighted by Gasteiger charge is 2.15. The van der Waals surface area contributed by atoms with Crippen LogP contribution in [-0.4, -0.2) is 46.9 Å². The molecule has 1 heterocycles. The Bertz CT molecular complexity index is 1470. The van der Waals surface area contributed by atoms with Crippen LogP contribution in [0.5, 0.6) is 11.5 Å². The summed E-state index contributed by atoms with van der Waals surface area (Å²) in [4.78, 5) is 17.6. The molecular formula is C34H39N3O5S. The maximum Gasteiger partial charge on any atom is 0.248 e. The van der Waals surface area contributed by atoms with Gasteiger partial charge in [0.1, 0.15) is 18.1 Å². The summed E-state index contributed by atoms with van der Waals surface area (Å²) < 4.78 is 31.7. The van der Waals surface area contributed by atoms with Crippen molar-refractivity contribution in [3.8, 4) is 22.6 Å². The van der Waals surface area contributed by atoms with Crippen molar-refractivity contribution in [2.75, 3.05) is 32.2 Å². The van der Waals surface area contributed by atoms with E-state index in [1.54, 1.807) is 50.0 Å². The fraction of sp³-hybridized carbons (Fsp3) is 0.294. The summed E-state index contributed by atoms with van der Waals surface area (Å²) in [7, 11) is 1.60. The zero-order valence-corrected chi connectivity index (χ0v) is 25.8. The number of hydrogen-bond donors (Lipinski definition) is 1. The molecule has 0 saturated carbocycles. The van der Waals surface area contributed by atoms with Crippen molar-refractivity contribution in [1.29, 1.82) is 0 Å². The van der Waals surface area contributed by atoms with E-state index < -0.39 is 11.2 Å². The summed E-state index contributed by atoms with van der Waals surface area (Å²) >= 11 is -1.22. The van der Waals surface area contributed by atoms with E-state index in [1.807, 2.05) is 47.0 Å². The molecule has 1 N–H and O–H groups in total. The lowest BCUT2D eigenvalue weighted by Gasteiger charge is -2.12. The van der Waals surface area contributed by atoms with Crippen LogP contribution in [0.2, 0.25) is 0 Å². The van der Waals surface area contributed by atoms with Gasteiger partial charge in [-0.1, -0.05) is 32.0 Å². The molecule has 0 bridgehead atoms. The van der Waals surface area contributed by atoms with Crippen molar-refractivity contribution < 1.29 is 23.6 Å². The molecule has 0 fully saturated rings. The van der Waals surface area contributed by atoms with Gasteiger partial charge in [-0.3, -0.25) is 4.79 Å². The summed E-state index contributed by atoms with van der Waals surface area (Å²) in [5.74, 6) is 1.55. The number of aromatic nitrogens is 2. The second-order valence-corrected chi connectivity index (χ2v) is 11.3. The number of nitrogens with one attached hydrogen (secondary N) is 1. The van der Waals surface area contributed by atoms with Crippen LogP contribution < -0.4 is 14.8 Å². The molecule has 226 valence electrons. The minimum atomic E-state index is -1.22. The van der Waals surface area contributed by atoms with Gasteiger partial charge in [0.05, 0.1) is 31.9 Å². The smallest absolute Gasteiger partial charge is 0.248 e.